The van der Waals surface area contributed by atoms with Gasteiger partial charge in [-0.1, -0.05) is 43.2 Å². The molecule has 0 aliphatic heterocycles. The normalized spacial score (nSPS) is 16.2. The zero-order chi connectivity index (χ0) is 16.8. The van der Waals surface area contributed by atoms with E-state index in [0.29, 0.717) is 18.9 Å². The van der Waals surface area contributed by atoms with Crippen LogP contribution in [0.15, 0.2) is 36.7 Å². The molecular weight excluding hydrogens is 304 g/mol. The standard InChI is InChI=1S/C18H24N4O2/c23-16(14-7-2-1-3-8-14)17-21-20-13-22(17)12-6-11-19-18(24)15-9-4-5-10-15/h1-3,7-8,13,15-16,23H,4-6,9-12H2,(H,19,24). The van der Waals surface area contributed by atoms with Gasteiger partial charge in [-0.05, 0) is 24.8 Å². The topological polar surface area (TPSA) is 80.0 Å². The van der Waals surface area contributed by atoms with E-state index in [4.69, 9.17) is 0 Å². The van der Waals surface area contributed by atoms with Crippen LogP contribution in [0.4, 0.5) is 0 Å². The molecule has 0 bridgehead atoms. The summed E-state index contributed by atoms with van der Waals surface area (Å²) in [5.41, 5.74) is 0.793. The van der Waals surface area contributed by atoms with Gasteiger partial charge in [-0.15, -0.1) is 10.2 Å². The summed E-state index contributed by atoms with van der Waals surface area (Å²) in [5, 5.41) is 21.4. The Balaban J connectivity index is 1.50. The van der Waals surface area contributed by atoms with Crippen LogP contribution in [0.5, 0.6) is 0 Å². The average Bonchev–Trinajstić information content (AvgIpc) is 3.30. The highest BCUT2D eigenvalue weighted by Crippen LogP contribution is 2.24. The molecule has 0 saturated heterocycles. The van der Waals surface area contributed by atoms with E-state index in [0.717, 1.165) is 24.8 Å². The average molecular weight is 328 g/mol. The van der Waals surface area contributed by atoms with Gasteiger partial charge in [0, 0.05) is 19.0 Å². The second kappa shape index (κ2) is 8.06. The van der Waals surface area contributed by atoms with E-state index < -0.39 is 6.10 Å². The van der Waals surface area contributed by atoms with Gasteiger partial charge >= 0.3 is 0 Å². The fourth-order valence-electron chi connectivity index (χ4n) is 3.23. The van der Waals surface area contributed by atoms with Crippen LogP contribution in [-0.2, 0) is 11.3 Å². The Kier molecular flexibility index (Phi) is 5.59. The van der Waals surface area contributed by atoms with Gasteiger partial charge in [-0.3, -0.25) is 4.79 Å². The van der Waals surface area contributed by atoms with Crippen molar-refractivity contribution in [3.05, 3.63) is 48.0 Å². The van der Waals surface area contributed by atoms with Crippen molar-refractivity contribution in [2.75, 3.05) is 6.54 Å². The molecule has 2 N–H and O–H groups in total. The Bertz CT molecular complexity index is 650. The summed E-state index contributed by atoms with van der Waals surface area (Å²) in [6.45, 7) is 1.30. The van der Waals surface area contributed by atoms with Crippen LogP contribution in [0, 0.1) is 5.92 Å². The smallest absolute Gasteiger partial charge is 0.223 e. The summed E-state index contributed by atoms with van der Waals surface area (Å²) in [4.78, 5) is 12.0. The minimum absolute atomic E-state index is 0.181. The van der Waals surface area contributed by atoms with Crippen molar-refractivity contribution >= 4 is 5.91 Å². The fraction of sp³-hybridized carbons (Fsp3) is 0.500. The lowest BCUT2D eigenvalue weighted by atomic mass is 10.1. The summed E-state index contributed by atoms with van der Waals surface area (Å²) < 4.78 is 1.85. The second-order valence-corrected chi connectivity index (χ2v) is 6.32. The number of rotatable bonds is 7. The van der Waals surface area contributed by atoms with Crippen LogP contribution < -0.4 is 5.32 Å². The van der Waals surface area contributed by atoms with Crippen LogP contribution in [0.3, 0.4) is 0 Å². The molecule has 1 atom stereocenters. The van der Waals surface area contributed by atoms with Crippen LogP contribution >= 0.6 is 0 Å². The van der Waals surface area contributed by atoms with Gasteiger partial charge in [-0.25, -0.2) is 0 Å². The van der Waals surface area contributed by atoms with Crippen LogP contribution in [-0.4, -0.2) is 32.3 Å². The molecule has 3 rings (SSSR count). The monoisotopic (exact) mass is 328 g/mol. The first kappa shape index (κ1) is 16.6. The minimum atomic E-state index is -0.790. The van der Waals surface area contributed by atoms with Crippen molar-refractivity contribution in [3.8, 4) is 0 Å². The zero-order valence-corrected chi connectivity index (χ0v) is 13.8. The third-order valence-corrected chi connectivity index (χ3v) is 4.61. The van der Waals surface area contributed by atoms with Gasteiger partial charge in [0.15, 0.2) is 5.82 Å². The summed E-state index contributed by atoms with van der Waals surface area (Å²) in [5.74, 6) is 0.916. The first-order valence-electron chi connectivity index (χ1n) is 8.64. The molecule has 1 heterocycles. The van der Waals surface area contributed by atoms with Gasteiger partial charge in [0.05, 0.1) is 0 Å². The van der Waals surface area contributed by atoms with E-state index in [1.807, 2.05) is 34.9 Å². The maximum Gasteiger partial charge on any atom is 0.223 e. The van der Waals surface area contributed by atoms with Gasteiger partial charge in [0.25, 0.3) is 0 Å². The summed E-state index contributed by atoms with van der Waals surface area (Å²) in [6.07, 6.45) is 5.99. The molecule has 6 nitrogen and oxygen atoms in total. The number of benzene rings is 1. The molecule has 1 aromatic carbocycles. The first-order valence-corrected chi connectivity index (χ1v) is 8.64. The molecule has 0 radical (unpaired) electrons. The van der Waals surface area contributed by atoms with Crippen LogP contribution in [0.2, 0.25) is 0 Å². The second-order valence-electron chi connectivity index (χ2n) is 6.32. The lowest BCUT2D eigenvalue weighted by Gasteiger charge is -2.13. The molecule has 0 spiro atoms. The van der Waals surface area contributed by atoms with Crippen molar-refractivity contribution in [2.24, 2.45) is 5.92 Å². The number of carbonyl (C=O) groups excluding carboxylic acids is 1. The lowest BCUT2D eigenvalue weighted by molar-refractivity contribution is -0.124. The number of amides is 1. The highest BCUT2D eigenvalue weighted by molar-refractivity contribution is 5.78. The van der Waals surface area contributed by atoms with Crippen molar-refractivity contribution in [1.82, 2.24) is 20.1 Å². The largest absolute Gasteiger partial charge is 0.380 e. The number of aliphatic hydroxyl groups excluding tert-OH is 1. The maximum atomic E-state index is 12.0. The Hall–Kier alpha value is -2.21. The molecule has 1 amide bonds. The van der Waals surface area contributed by atoms with E-state index >= 15 is 0 Å². The molecule has 2 aromatic rings. The Morgan fingerprint density at radius 3 is 2.79 bits per heavy atom. The highest BCUT2D eigenvalue weighted by Gasteiger charge is 2.22. The number of aromatic nitrogens is 3. The highest BCUT2D eigenvalue weighted by atomic mass is 16.3. The fourth-order valence-corrected chi connectivity index (χ4v) is 3.23. The minimum Gasteiger partial charge on any atom is -0.380 e. The Labute approximate surface area is 141 Å². The molecule has 128 valence electrons. The van der Waals surface area contributed by atoms with Gasteiger partial charge < -0.3 is 15.0 Å². The van der Waals surface area contributed by atoms with E-state index in [1.54, 1.807) is 6.33 Å². The predicted octanol–water partition coefficient (Wildman–Crippen LogP) is 2.06. The summed E-state index contributed by atoms with van der Waals surface area (Å²) >= 11 is 0. The third kappa shape index (κ3) is 4.00. The molecular formula is C18H24N4O2. The predicted molar refractivity (Wildman–Crippen MR) is 90.1 cm³/mol. The molecule has 24 heavy (non-hydrogen) atoms. The van der Waals surface area contributed by atoms with E-state index in [1.165, 1.54) is 12.8 Å². The molecule has 1 aliphatic carbocycles. The van der Waals surface area contributed by atoms with E-state index in [-0.39, 0.29) is 11.8 Å². The molecule has 1 aliphatic rings. The van der Waals surface area contributed by atoms with Gasteiger partial charge in [0.1, 0.15) is 12.4 Å². The number of hydrogen-bond donors (Lipinski definition) is 2. The van der Waals surface area contributed by atoms with Crippen molar-refractivity contribution in [1.29, 1.82) is 0 Å². The van der Waals surface area contributed by atoms with Crippen LogP contribution in [0.25, 0.3) is 0 Å². The quantitative estimate of drug-likeness (QED) is 0.763. The van der Waals surface area contributed by atoms with Crippen molar-refractivity contribution in [2.45, 2.75) is 44.8 Å². The van der Waals surface area contributed by atoms with Crippen molar-refractivity contribution in [3.63, 3.8) is 0 Å². The molecule has 1 unspecified atom stereocenters. The number of carbonyl (C=O) groups is 1. The number of aryl methyl sites for hydroxylation is 1. The zero-order valence-electron chi connectivity index (χ0n) is 13.8. The Morgan fingerprint density at radius 1 is 1.29 bits per heavy atom. The molecule has 6 heteroatoms. The third-order valence-electron chi connectivity index (χ3n) is 4.61. The van der Waals surface area contributed by atoms with E-state index in [9.17, 15) is 9.90 Å². The van der Waals surface area contributed by atoms with Gasteiger partial charge in [-0.2, -0.15) is 0 Å². The van der Waals surface area contributed by atoms with Crippen molar-refractivity contribution < 1.29 is 9.90 Å². The first-order chi connectivity index (χ1) is 11.8. The van der Waals surface area contributed by atoms with Gasteiger partial charge in [0.2, 0.25) is 5.91 Å². The maximum absolute atomic E-state index is 12.0. The number of aliphatic hydroxyl groups is 1. The molecule has 1 aromatic heterocycles. The SMILES string of the molecule is O=C(NCCCn1cnnc1C(O)c1ccccc1)C1CCCC1. The summed E-state index contributed by atoms with van der Waals surface area (Å²) in [6, 6.07) is 9.42. The van der Waals surface area contributed by atoms with Crippen LogP contribution in [0.1, 0.15) is 49.6 Å². The number of nitrogens with zero attached hydrogens (tertiary/aromatic N) is 3. The molecule has 1 saturated carbocycles. The summed E-state index contributed by atoms with van der Waals surface area (Å²) in [7, 11) is 0. The number of nitrogens with one attached hydrogen (secondary N) is 1. The Morgan fingerprint density at radius 2 is 2.04 bits per heavy atom. The lowest BCUT2D eigenvalue weighted by Crippen LogP contribution is -2.30. The number of hydrogen-bond acceptors (Lipinski definition) is 4. The van der Waals surface area contributed by atoms with E-state index in [2.05, 4.69) is 15.5 Å². The molecule has 1 fully saturated rings.